The van der Waals surface area contributed by atoms with E-state index >= 15 is 0 Å². The summed E-state index contributed by atoms with van der Waals surface area (Å²) < 4.78 is 3.17. The maximum absolute atomic E-state index is 12.9. The first-order valence-electron chi connectivity index (χ1n) is 11.8. The second-order valence-corrected chi connectivity index (χ2v) is 9.19. The molecule has 0 spiro atoms. The molecule has 6 N–H and O–H groups in total. The summed E-state index contributed by atoms with van der Waals surface area (Å²) in [5.41, 5.74) is 8.82. The first-order chi connectivity index (χ1) is 18.3. The van der Waals surface area contributed by atoms with Gasteiger partial charge in [0.1, 0.15) is 5.84 Å². The smallest absolute Gasteiger partial charge is 0.269 e. The Morgan fingerprint density at radius 1 is 0.974 bits per heavy atom. The van der Waals surface area contributed by atoms with Crippen LogP contribution >= 0.6 is 11.9 Å². The molecule has 38 heavy (non-hydrogen) atoms. The van der Waals surface area contributed by atoms with Gasteiger partial charge in [-0.15, -0.1) is 0 Å². The van der Waals surface area contributed by atoms with E-state index in [1.807, 2.05) is 12.1 Å². The number of pyridine rings is 1. The van der Waals surface area contributed by atoms with Crippen molar-refractivity contribution in [2.75, 3.05) is 6.54 Å². The standard InChI is InChI=1S/C26H29N7O4S/c27-25(28)21-6-1-19(2-7-21)15-30-24(34)16-31-26(35)23(10-5-18-11-13-29-14-12-18)32-38-17-20-3-8-22(9-4-20)33(36)37/h1-4,6-9,11-14,23,32H,5,10,15-17H2,(H3,27,28)(H,30,34)(H,31,35). The number of carbonyl (C=O) groups is 2. The highest BCUT2D eigenvalue weighted by molar-refractivity contribution is 7.96. The number of amides is 2. The number of non-ortho nitro benzene ring substituents is 1. The molecule has 1 heterocycles. The van der Waals surface area contributed by atoms with Crippen LogP contribution in [-0.2, 0) is 28.3 Å². The highest BCUT2D eigenvalue weighted by Crippen LogP contribution is 2.16. The quantitative estimate of drug-likeness (QED) is 0.0687. The maximum Gasteiger partial charge on any atom is 0.269 e. The Labute approximate surface area is 224 Å². The van der Waals surface area contributed by atoms with E-state index in [0.717, 1.165) is 16.7 Å². The molecule has 0 aliphatic rings. The summed E-state index contributed by atoms with van der Waals surface area (Å²) in [5.74, 6) is -0.169. The minimum Gasteiger partial charge on any atom is -0.384 e. The van der Waals surface area contributed by atoms with Crippen LogP contribution in [0.4, 0.5) is 5.69 Å². The van der Waals surface area contributed by atoms with Gasteiger partial charge in [0.15, 0.2) is 0 Å². The zero-order chi connectivity index (χ0) is 27.3. The van der Waals surface area contributed by atoms with Crippen LogP contribution in [0.15, 0.2) is 73.1 Å². The van der Waals surface area contributed by atoms with Crippen LogP contribution < -0.4 is 21.1 Å². The van der Waals surface area contributed by atoms with Gasteiger partial charge in [-0.25, -0.2) is 0 Å². The molecule has 1 unspecified atom stereocenters. The van der Waals surface area contributed by atoms with Gasteiger partial charge in [0.25, 0.3) is 5.69 Å². The van der Waals surface area contributed by atoms with Crippen molar-refractivity contribution in [1.29, 1.82) is 5.41 Å². The van der Waals surface area contributed by atoms with Crippen LogP contribution in [0.3, 0.4) is 0 Å². The lowest BCUT2D eigenvalue weighted by Gasteiger charge is -2.18. The van der Waals surface area contributed by atoms with Crippen LogP contribution in [0.2, 0.25) is 0 Å². The molecule has 0 radical (unpaired) electrons. The summed E-state index contributed by atoms with van der Waals surface area (Å²) in [4.78, 5) is 39.6. The molecule has 0 aliphatic heterocycles. The Bertz CT molecular complexity index is 1240. The zero-order valence-electron chi connectivity index (χ0n) is 20.6. The molecule has 0 aliphatic carbocycles. The second-order valence-electron chi connectivity index (χ2n) is 8.38. The molecule has 3 rings (SSSR count). The van der Waals surface area contributed by atoms with Crippen molar-refractivity contribution >= 4 is 35.3 Å². The predicted molar refractivity (Wildman–Crippen MR) is 146 cm³/mol. The molecule has 198 valence electrons. The lowest BCUT2D eigenvalue weighted by atomic mass is 10.1. The molecule has 2 amide bonds. The van der Waals surface area contributed by atoms with E-state index in [1.165, 1.54) is 24.1 Å². The molecule has 0 bridgehead atoms. The van der Waals surface area contributed by atoms with Gasteiger partial charge in [-0.05, 0) is 41.7 Å². The molecule has 1 atom stereocenters. The molecule has 3 aromatic rings. The van der Waals surface area contributed by atoms with Gasteiger partial charge in [0.2, 0.25) is 11.8 Å². The molecule has 0 fully saturated rings. The molecule has 12 heteroatoms. The van der Waals surface area contributed by atoms with Gasteiger partial charge in [0, 0.05) is 42.4 Å². The third kappa shape index (κ3) is 9.30. The lowest BCUT2D eigenvalue weighted by molar-refractivity contribution is -0.384. The summed E-state index contributed by atoms with van der Waals surface area (Å²) in [6, 6.07) is 16.4. The Morgan fingerprint density at radius 3 is 2.26 bits per heavy atom. The number of aromatic nitrogens is 1. The normalized spacial score (nSPS) is 11.4. The highest BCUT2D eigenvalue weighted by Gasteiger charge is 2.19. The third-order valence-electron chi connectivity index (χ3n) is 5.58. The Balaban J connectivity index is 1.50. The van der Waals surface area contributed by atoms with Gasteiger partial charge in [-0.3, -0.25) is 34.8 Å². The largest absolute Gasteiger partial charge is 0.384 e. The number of nitro groups is 1. The van der Waals surface area contributed by atoms with Gasteiger partial charge >= 0.3 is 0 Å². The maximum atomic E-state index is 12.9. The number of aryl methyl sites for hydroxylation is 1. The number of nitrogens with one attached hydrogen (secondary N) is 4. The zero-order valence-corrected chi connectivity index (χ0v) is 21.4. The average Bonchev–Trinajstić information content (AvgIpc) is 2.93. The van der Waals surface area contributed by atoms with E-state index in [9.17, 15) is 19.7 Å². The van der Waals surface area contributed by atoms with Crippen molar-refractivity contribution in [2.45, 2.75) is 31.2 Å². The van der Waals surface area contributed by atoms with Crippen LogP contribution in [0, 0.1) is 15.5 Å². The topological polar surface area (TPSA) is 176 Å². The Kier molecular flexibility index (Phi) is 10.8. The SMILES string of the molecule is N=C(N)c1ccc(CNC(=O)CNC(=O)C(CCc2ccncc2)NSCc2ccc([N+](=O)[O-])cc2)cc1. The molecule has 1 aromatic heterocycles. The first kappa shape index (κ1) is 28.3. The number of benzene rings is 2. The van der Waals surface area contributed by atoms with E-state index in [2.05, 4.69) is 20.3 Å². The molecular weight excluding hydrogens is 506 g/mol. The summed E-state index contributed by atoms with van der Waals surface area (Å²) >= 11 is 1.32. The molecular formula is C26H29N7O4S. The fraction of sp³-hybridized carbons (Fsp3) is 0.231. The van der Waals surface area contributed by atoms with E-state index in [1.54, 1.807) is 48.8 Å². The number of nitrogen functional groups attached to an aromatic ring is 1. The fourth-order valence-electron chi connectivity index (χ4n) is 3.40. The minimum absolute atomic E-state index is 0.0210. The number of amidine groups is 1. The third-order valence-corrected chi connectivity index (χ3v) is 6.51. The van der Waals surface area contributed by atoms with Crippen LogP contribution in [0.25, 0.3) is 0 Å². The van der Waals surface area contributed by atoms with Crippen molar-refractivity contribution in [3.05, 3.63) is 105 Å². The molecule has 2 aromatic carbocycles. The van der Waals surface area contributed by atoms with Crippen molar-refractivity contribution < 1.29 is 14.5 Å². The van der Waals surface area contributed by atoms with E-state index in [4.69, 9.17) is 11.1 Å². The summed E-state index contributed by atoms with van der Waals surface area (Å²) in [5, 5.41) is 23.7. The predicted octanol–water partition coefficient (Wildman–Crippen LogP) is 2.45. The summed E-state index contributed by atoms with van der Waals surface area (Å²) in [6.45, 7) is 0.104. The number of hydrogen-bond acceptors (Lipinski definition) is 8. The number of rotatable bonds is 14. The highest BCUT2D eigenvalue weighted by atomic mass is 32.2. The van der Waals surface area contributed by atoms with Gasteiger partial charge in [0.05, 0.1) is 17.5 Å². The number of nitrogens with zero attached hydrogens (tertiary/aromatic N) is 2. The number of hydrogen-bond donors (Lipinski definition) is 5. The van der Waals surface area contributed by atoms with Gasteiger partial charge in [-0.2, -0.15) is 0 Å². The molecule has 0 saturated carbocycles. The van der Waals surface area contributed by atoms with Crippen LogP contribution in [0.1, 0.15) is 28.7 Å². The van der Waals surface area contributed by atoms with Crippen molar-refractivity contribution in [3.63, 3.8) is 0 Å². The molecule has 11 nitrogen and oxygen atoms in total. The summed E-state index contributed by atoms with van der Waals surface area (Å²) in [6.07, 6.45) is 4.51. The van der Waals surface area contributed by atoms with Gasteiger partial charge < -0.3 is 16.4 Å². The Hall–Kier alpha value is -4.29. The second kappa shape index (κ2) is 14.4. The number of nitro benzene ring substituents is 1. The van der Waals surface area contributed by atoms with Crippen molar-refractivity contribution in [2.24, 2.45) is 5.73 Å². The van der Waals surface area contributed by atoms with E-state index in [-0.39, 0.29) is 36.4 Å². The monoisotopic (exact) mass is 535 g/mol. The first-order valence-corrected chi connectivity index (χ1v) is 12.8. The average molecular weight is 536 g/mol. The lowest BCUT2D eigenvalue weighted by Crippen LogP contribution is -2.45. The van der Waals surface area contributed by atoms with Crippen molar-refractivity contribution in [3.8, 4) is 0 Å². The number of carbonyl (C=O) groups excluding carboxylic acids is 2. The summed E-state index contributed by atoms with van der Waals surface area (Å²) in [7, 11) is 0. The van der Waals surface area contributed by atoms with Crippen LogP contribution in [-0.4, -0.2) is 40.1 Å². The van der Waals surface area contributed by atoms with Crippen molar-refractivity contribution in [1.82, 2.24) is 20.3 Å². The molecule has 0 saturated heterocycles. The van der Waals surface area contributed by atoms with Gasteiger partial charge in [-0.1, -0.05) is 48.3 Å². The van der Waals surface area contributed by atoms with E-state index < -0.39 is 11.0 Å². The van der Waals surface area contributed by atoms with Crippen LogP contribution in [0.5, 0.6) is 0 Å². The number of nitrogens with two attached hydrogens (primary N) is 1. The van der Waals surface area contributed by atoms with E-state index in [0.29, 0.717) is 24.2 Å². The Morgan fingerprint density at radius 2 is 1.63 bits per heavy atom. The fourth-order valence-corrected chi connectivity index (χ4v) is 4.27. The minimum atomic E-state index is -0.571.